The van der Waals surface area contributed by atoms with Gasteiger partial charge in [-0.05, 0) is 50.4 Å². The van der Waals surface area contributed by atoms with E-state index in [1.165, 1.54) is 32.1 Å². The summed E-state index contributed by atoms with van der Waals surface area (Å²) in [6.45, 7) is 6.33. The summed E-state index contributed by atoms with van der Waals surface area (Å²) in [6.07, 6.45) is 10.7. The van der Waals surface area contributed by atoms with E-state index < -0.39 is 0 Å². The molecule has 2 aliphatic rings. The van der Waals surface area contributed by atoms with Crippen LogP contribution in [0.15, 0.2) is 0 Å². The van der Waals surface area contributed by atoms with Gasteiger partial charge in [0, 0.05) is 32.5 Å². The molecule has 1 aliphatic carbocycles. The Kier molecular flexibility index (Phi) is 7.38. The number of amides is 2. The summed E-state index contributed by atoms with van der Waals surface area (Å²) >= 11 is 0. The molecular weight excluding hydrogens is 288 g/mol. The van der Waals surface area contributed by atoms with E-state index in [1.54, 1.807) is 6.92 Å². The number of unbranched alkanes of at least 4 members (excludes halogenated alkanes) is 1. The molecule has 0 unspecified atom stereocenters. The van der Waals surface area contributed by atoms with Gasteiger partial charge in [0.15, 0.2) is 0 Å². The monoisotopic (exact) mass is 322 g/mol. The van der Waals surface area contributed by atoms with E-state index in [2.05, 4.69) is 17.1 Å². The molecule has 2 rings (SSSR count). The van der Waals surface area contributed by atoms with E-state index in [4.69, 9.17) is 0 Å². The van der Waals surface area contributed by atoms with E-state index in [-0.39, 0.29) is 11.8 Å². The first-order valence-corrected chi connectivity index (χ1v) is 9.63. The van der Waals surface area contributed by atoms with E-state index in [9.17, 15) is 9.59 Å². The molecule has 0 radical (unpaired) electrons. The van der Waals surface area contributed by atoms with E-state index >= 15 is 0 Å². The molecule has 1 N–H and O–H groups in total. The zero-order chi connectivity index (χ0) is 16.7. The molecule has 0 bridgehead atoms. The van der Waals surface area contributed by atoms with Gasteiger partial charge in [-0.25, -0.2) is 0 Å². The Hall–Kier alpha value is -1.06. The number of piperidine rings is 1. The minimum atomic E-state index is 0.0448. The van der Waals surface area contributed by atoms with Crippen molar-refractivity contribution in [1.29, 1.82) is 0 Å². The summed E-state index contributed by atoms with van der Waals surface area (Å²) in [5, 5.41) is 2.90. The Balaban J connectivity index is 1.68. The number of hydrogen-bond donors (Lipinski definition) is 1. The summed E-state index contributed by atoms with van der Waals surface area (Å²) in [7, 11) is 0. The van der Waals surface area contributed by atoms with Gasteiger partial charge in [-0.2, -0.15) is 0 Å². The van der Waals surface area contributed by atoms with E-state index in [1.807, 2.05) is 0 Å². The Morgan fingerprint density at radius 2 is 1.65 bits per heavy atom. The van der Waals surface area contributed by atoms with Crippen LogP contribution in [-0.4, -0.2) is 36.3 Å². The second-order valence-electron chi connectivity index (χ2n) is 7.57. The topological polar surface area (TPSA) is 49.4 Å². The zero-order valence-corrected chi connectivity index (χ0v) is 15.0. The maximum Gasteiger partial charge on any atom is 0.225 e. The number of carbonyl (C=O) groups excluding carboxylic acids is 2. The molecule has 1 saturated heterocycles. The lowest BCUT2D eigenvalue weighted by Crippen LogP contribution is -2.44. The summed E-state index contributed by atoms with van der Waals surface area (Å²) in [6, 6.07) is 0. The van der Waals surface area contributed by atoms with Crippen molar-refractivity contribution in [1.82, 2.24) is 10.2 Å². The van der Waals surface area contributed by atoms with Crippen molar-refractivity contribution in [2.45, 2.75) is 71.6 Å². The molecule has 2 fully saturated rings. The number of hydrogen-bond acceptors (Lipinski definition) is 2. The number of nitrogens with zero attached hydrogens (tertiary/aromatic N) is 1. The lowest BCUT2D eigenvalue weighted by Gasteiger charge is -2.36. The SMILES string of the molecule is CCCCC1CCC(C(=O)N2CCC(CNC(C)=O)CC2)CC1. The molecule has 0 aromatic carbocycles. The van der Waals surface area contributed by atoms with Crippen LogP contribution in [-0.2, 0) is 9.59 Å². The first kappa shape index (κ1) is 18.3. The van der Waals surface area contributed by atoms with Crippen LogP contribution in [0.3, 0.4) is 0 Å². The molecule has 0 aromatic rings. The smallest absolute Gasteiger partial charge is 0.225 e. The van der Waals surface area contributed by atoms with Crippen LogP contribution < -0.4 is 5.32 Å². The average molecular weight is 322 g/mol. The molecule has 1 aliphatic heterocycles. The lowest BCUT2D eigenvalue weighted by atomic mass is 9.79. The highest BCUT2D eigenvalue weighted by Gasteiger charge is 2.31. The molecule has 1 heterocycles. The Labute approximate surface area is 141 Å². The molecule has 132 valence electrons. The minimum absolute atomic E-state index is 0.0448. The fraction of sp³-hybridized carbons (Fsp3) is 0.895. The van der Waals surface area contributed by atoms with Crippen molar-refractivity contribution in [3.05, 3.63) is 0 Å². The molecule has 0 aromatic heterocycles. The normalized spacial score (nSPS) is 26.1. The van der Waals surface area contributed by atoms with Crippen molar-refractivity contribution in [3.8, 4) is 0 Å². The molecule has 0 atom stereocenters. The van der Waals surface area contributed by atoms with Crippen LogP contribution in [0.5, 0.6) is 0 Å². The summed E-state index contributed by atoms with van der Waals surface area (Å²) in [5.41, 5.74) is 0. The molecule has 1 saturated carbocycles. The van der Waals surface area contributed by atoms with Crippen molar-refractivity contribution in [2.24, 2.45) is 17.8 Å². The molecular formula is C19H34N2O2. The standard InChI is InChI=1S/C19H34N2O2/c1-3-4-5-16-6-8-18(9-7-16)19(23)21-12-10-17(11-13-21)14-20-15(2)22/h16-18H,3-14H2,1-2H3,(H,20,22). The van der Waals surface area contributed by atoms with Crippen LogP contribution in [0.2, 0.25) is 0 Å². The third kappa shape index (κ3) is 5.82. The minimum Gasteiger partial charge on any atom is -0.356 e. The fourth-order valence-corrected chi connectivity index (χ4v) is 4.09. The van der Waals surface area contributed by atoms with Gasteiger partial charge in [-0.1, -0.05) is 26.2 Å². The number of carbonyl (C=O) groups is 2. The molecule has 23 heavy (non-hydrogen) atoms. The fourth-order valence-electron chi connectivity index (χ4n) is 4.09. The van der Waals surface area contributed by atoms with Gasteiger partial charge in [-0.15, -0.1) is 0 Å². The molecule has 0 spiro atoms. The molecule has 4 nitrogen and oxygen atoms in total. The van der Waals surface area contributed by atoms with Gasteiger partial charge in [-0.3, -0.25) is 9.59 Å². The van der Waals surface area contributed by atoms with Crippen LogP contribution in [0.25, 0.3) is 0 Å². The quantitative estimate of drug-likeness (QED) is 0.815. The second-order valence-corrected chi connectivity index (χ2v) is 7.57. The molecule has 4 heteroatoms. The van der Waals surface area contributed by atoms with E-state index in [0.29, 0.717) is 11.8 Å². The van der Waals surface area contributed by atoms with Crippen molar-refractivity contribution in [3.63, 3.8) is 0 Å². The number of nitrogens with one attached hydrogen (secondary N) is 1. The Morgan fingerprint density at radius 3 is 2.22 bits per heavy atom. The lowest BCUT2D eigenvalue weighted by molar-refractivity contribution is -0.138. The van der Waals surface area contributed by atoms with Gasteiger partial charge in [0.05, 0.1) is 0 Å². The zero-order valence-electron chi connectivity index (χ0n) is 15.0. The second kappa shape index (κ2) is 9.29. The first-order valence-electron chi connectivity index (χ1n) is 9.63. The maximum absolute atomic E-state index is 12.7. The number of rotatable bonds is 6. The van der Waals surface area contributed by atoms with Gasteiger partial charge in [0.1, 0.15) is 0 Å². The van der Waals surface area contributed by atoms with Crippen molar-refractivity contribution < 1.29 is 9.59 Å². The number of likely N-dealkylation sites (tertiary alicyclic amines) is 1. The van der Waals surface area contributed by atoms with Crippen LogP contribution >= 0.6 is 0 Å². The average Bonchev–Trinajstić information content (AvgIpc) is 2.58. The summed E-state index contributed by atoms with van der Waals surface area (Å²) in [5.74, 6) is 2.12. The van der Waals surface area contributed by atoms with Crippen LogP contribution in [0.4, 0.5) is 0 Å². The highest BCUT2D eigenvalue weighted by Crippen LogP contribution is 2.33. The Morgan fingerprint density at radius 1 is 1.00 bits per heavy atom. The van der Waals surface area contributed by atoms with Gasteiger partial charge in [0.2, 0.25) is 11.8 Å². The summed E-state index contributed by atoms with van der Waals surface area (Å²) < 4.78 is 0. The van der Waals surface area contributed by atoms with Gasteiger partial charge < -0.3 is 10.2 Å². The highest BCUT2D eigenvalue weighted by atomic mass is 16.2. The third-order valence-corrected chi connectivity index (χ3v) is 5.73. The predicted octanol–water partition coefficient (Wildman–Crippen LogP) is 3.36. The highest BCUT2D eigenvalue weighted by molar-refractivity contribution is 5.79. The van der Waals surface area contributed by atoms with Gasteiger partial charge in [0.25, 0.3) is 0 Å². The largest absolute Gasteiger partial charge is 0.356 e. The summed E-state index contributed by atoms with van der Waals surface area (Å²) in [4.78, 5) is 25.8. The predicted molar refractivity (Wildman–Crippen MR) is 93.0 cm³/mol. The Bertz CT molecular complexity index is 381. The van der Waals surface area contributed by atoms with Crippen LogP contribution in [0, 0.1) is 17.8 Å². The molecule has 2 amide bonds. The third-order valence-electron chi connectivity index (χ3n) is 5.73. The maximum atomic E-state index is 12.7. The van der Waals surface area contributed by atoms with Crippen LogP contribution in [0.1, 0.15) is 71.6 Å². The van der Waals surface area contributed by atoms with Gasteiger partial charge >= 0.3 is 0 Å². The first-order chi connectivity index (χ1) is 11.1. The van der Waals surface area contributed by atoms with E-state index in [0.717, 1.165) is 51.2 Å². The van der Waals surface area contributed by atoms with Crippen molar-refractivity contribution in [2.75, 3.05) is 19.6 Å². The van der Waals surface area contributed by atoms with Crippen molar-refractivity contribution >= 4 is 11.8 Å².